The predicted octanol–water partition coefficient (Wildman–Crippen LogP) is 1.02. The van der Waals surface area contributed by atoms with Crippen LogP contribution in [0.25, 0.3) is 0 Å². The number of benzene rings is 1. The molecule has 0 amide bonds. The number of methoxy groups -OCH3 is 1. The van der Waals surface area contributed by atoms with Crippen LogP contribution in [0.15, 0.2) is 23.1 Å². The third-order valence-electron chi connectivity index (χ3n) is 1.90. The van der Waals surface area contributed by atoms with Crippen LogP contribution in [0.3, 0.4) is 0 Å². The van der Waals surface area contributed by atoms with Gasteiger partial charge in [-0.3, -0.25) is 0 Å². The van der Waals surface area contributed by atoms with Crippen LogP contribution in [0.4, 0.5) is 13.2 Å². The second-order valence-corrected chi connectivity index (χ2v) is 4.77. The first-order chi connectivity index (χ1) is 8.54. The van der Waals surface area contributed by atoms with Gasteiger partial charge in [-0.15, -0.1) is 13.2 Å². The van der Waals surface area contributed by atoms with E-state index in [1.54, 1.807) is 0 Å². The minimum Gasteiger partial charge on any atom is -0.465 e. The maximum Gasteiger partial charge on any atom is 0.573 e. The van der Waals surface area contributed by atoms with Crippen LogP contribution in [-0.4, -0.2) is 27.9 Å². The number of rotatable bonds is 3. The van der Waals surface area contributed by atoms with Crippen LogP contribution in [0.5, 0.6) is 5.75 Å². The largest absolute Gasteiger partial charge is 0.573 e. The Labute approximate surface area is 106 Å². The average molecular weight is 299 g/mol. The highest BCUT2D eigenvalue weighted by Gasteiger charge is 2.32. The lowest BCUT2D eigenvalue weighted by Gasteiger charge is -2.11. The molecule has 2 N–H and O–H groups in total. The van der Waals surface area contributed by atoms with Gasteiger partial charge < -0.3 is 9.47 Å². The zero-order valence-corrected chi connectivity index (χ0v) is 10.2. The zero-order chi connectivity index (χ0) is 14.8. The summed E-state index contributed by atoms with van der Waals surface area (Å²) >= 11 is 0. The Morgan fingerprint density at radius 1 is 1.32 bits per heavy atom. The molecule has 106 valence electrons. The SMILES string of the molecule is COC(=O)c1cc(OC(F)(F)F)ccc1S(N)(=O)=O. The Balaban J connectivity index is 3.36. The molecule has 6 nitrogen and oxygen atoms in total. The highest BCUT2D eigenvalue weighted by Crippen LogP contribution is 2.26. The molecular weight excluding hydrogens is 291 g/mol. The summed E-state index contributed by atoms with van der Waals surface area (Å²) in [6.45, 7) is 0. The smallest absolute Gasteiger partial charge is 0.465 e. The molecule has 0 fully saturated rings. The van der Waals surface area contributed by atoms with Crippen molar-refractivity contribution in [1.82, 2.24) is 0 Å². The van der Waals surface area contributed by atoms with E-state index >= 15 is 0 Å². The molecule has 1 aromatic carbocycles. The molecule has 19 heavy (non-hydrogen) atoms. The van der Waals surface area contributed by atoms with Crippen molar-refractivity contribution in [3.05, 3.63) is 23.8 Å². The number of hydrogen-bond acceptors (Lipinski definition) is 5. The minimum absolute atomic E-state index is 0.582. The summed E-state index contributed by atoms with van der Waals surface area (Å²) in [5, 5.41) is 4.83. The quantitative estimate of drug-likeness (QED) is 0.841. The van der Waals surface area contributed by atoms with Crippen LogP contribution in [0, 0.1) is 0 Å². The molecular formula is C9H8F3NO5S. The first-order valence-corrected chi connectivity index (χ1v) is 6.10. The number of esters is 1. The standard InChI is InChI=1S/C9H8F3NO5S/c1-17-8(14)6-4-5(18-9(10,11)12)2-3-7(6)19(13,15)16/h2-4H,1H3,(H2,13,15,16). The third-order valence-corrected chi connectivity index (χ3v) is 2.87. The summed E-state index contributed by atoms with van der Waals surface area (Å²) in [7, 11) is -3.35. The Kier molecular flexibility index (Phi) is 4.06. The highest BCUT2D eigenvalue weighted by molar-refractivity contribution is 7.89. The topological polar surface area (TPSA) is 95.7 Å². The number of sulfonamides is 1. The van der Waals surface area contributed by atoms with Crippen LogP contribution < -0.4 is 9.88 Å². The van der Waals surface area contributed by atoms with Crippen molar-refractivity contribution >= 4 is 16.0 Å². The average Bonchev–Trinajstić information content (AvgIpc) is 2.24. The van der Waals surface area contributed by atoms with Gasteiger partial charge in [0.2, 0.25) is 10.0 Å². The molecule has 0 spiro atoms. The van der Waals surface area contributed by atoms with Crippen molar-refractivity contribution < 1.29 is 35.9 Å². The van der Waals surface area contributed by atoms with E-state index in [0.29, 0.717) is 6.07 Å². The molecule has 1 rings (SSSR count). The molecule has 10 heteroatoms. The fraction of sp³-hybridized carbons (Fsp3) is 0.222. The lowest BCUT2D eigenvalue weighted by Crippen LogP contribution is -2.20. The Bertz CT molecular complexity index is 596. The van der Waals surface area contributed by atoms with E-state index in [9.17, 15) is 26.4 Å². The molecule has 0 atom stereocenters. The normalized spacial score (nSPS) is 12.1. The van der Waals surface area contributed by atoms with Crippen LogP contribution in [0.1, 0.15) is 10.4 Å². The Hall–Kier alpha value is -1.81. The molecule has 0 unspecified atom stereocenters. The van der Waals surface area contributed by atoms with Crippen molar-refractivity contribution in [3.63, 3.8) is 0 Å². The number of nitrogens with two attached hydrogens (primary N) is 1. The number of primary sulfonamides is 1. The van der Waals surface area contributed by atoms with Gasteiger partial charge in [0.05, 0.1) is 17.6 Å². The molecule has 0 saturated carbocycles. The summed E-state index contributed by atoms with van der Waals surface area (Å²) < 4.78 is 66.2. The summed E-state index contributed by atoms with van der Waals surface area (Å²) in [5.41, 5.74) is -0.647. The third kappa shape index (κ3) is 4.10. The fourth-order valence-electron chi connectivity index (χ4n) is 1.22. The second kappa shape index (κ2) is 5.05. The first kappa shape index (κ1) is 15.2. The highest BCUT2D eigenvalue weighted by atomic mass is 32.2. The maximum absolute atomic E-state index is 12.0. The minimum atomic E-state index is -4.98. The van der Waals surface area contributed by atoms with Crippen molar-refractivity contribution in [2.24, 2.45) is 5.14 Å². The molecule has 0 heterocycles. The number of carbonyl (C=O) groups excluding carboxylic acids is 1. The number of ether oxygens (including phenoxy) is 2. The van der Waals surface area contributed by atoms with Gasteiger partial charge >= 0.3 is 12.3 Å². The second-order valence-electron chi connectivity index (χ2n) is 3.24. The number of carbonyl (C=O) groups is 1. The van der Waals surface area contributed by atoms with Crippen LogP contribution in [-0.2, 0) is 14.8 Å². The van der Waals surface area contributed by atoms with E-state index < -0.39 is 38.6 Å². The Morgan fingerprint density at radius 2 is 1.89 bits per heavy atom. The lowest BCUT2D eigenvalue weighted by atomic mass is 10.2. The van der Waals surface area contributed by atoms with Gasteiger partial charge in [0.25, 0.3) is 0 Å². The monoisotopic (exact) mass is 299 g/mol. The molecule has 1 aromatic rings. The van der Waals surface area contributed by atoms with Gasteiger partial charge in [-0.05, 0) is 18.2 Å². The molecule has 0 aliphatic rings. The van der Waals surface area contributed by atoms with Gasteiger partial charge in [-0.25, -0.2) is 18.4 Å². The maximum atomic E-state index is 12.0. The summed E-state index contributed by atoms with van der Waals surface area (Å²) in [6.07, 6.45) is -4.98. The van der Waals surface area contributed by atoms with Crippen LogP contribution in [0.2, 0.25) is 0 Å². The summed E-state index contributed by atoms with van der Waals surface area (Å²) in [5.74, 6) is -1.92. The van der Waals surface area contributed by atoms with Crippen LogP contribution >= 0.6 is 0 Å². The van der Waals surface area contributed by atoms with Gasteiger partial charge in [0.1, 0.15) is 5.75 Å². The zero-order valence-electron chi connectivity index (χ0n) is 9.39. The number of alkyl halides is 3. The Morgan fingerprint density at radius 3 is 2.32 bits per heavy atom. The van der Waals surface area contributed by atoms with E-state index in [0.717, 1.165) is 19.2 Å². The van der Waals surface area contributed by atoms with E-state index in [2.05, 4.69) is 9.47 Å². The van der Waals surface area contributed by atoms with Gasteiger partial charge in [-0.2, -0.15) is 0 Å². The molecule has 0 aromatic heterocycles. The van der Waals surface area contributed by atoms with E-state index in [4.69, 9.17) is 5.14 Å². The van der Waals surface area contributed by atoms with Gasteiger partial charge in [0.15, 0.2) is 0 Å². The molecule has 0 radical (unpaired) electrons. The predicted molar refractivity (Wildman–Crippen MR) is 55.8 cm³/mol. The van der Waals surface area contributed by atoms with E-state index in [1.165, 1.54) is 0 Å². The summed E-state index contributed by atoms with van der Waals surface area (Å²) in [6, 6.07) is 2.03. The van der Waals surface area contributed by atoms with E-state index in [1.807, 2.05) is 0 Å². The first-order valence-electron chi connectivity index (χ1n) is 4.55. The lowest BCUT2D eigenvalue weighted by molar-refractivity contribution is -0.274. The molecule has 0 saturated heterocycles. The summed E-state index contributed by atoms with van der Waals surface area (Å²) in [4.78, 5) is 10.7. The van der Waals surface area contributed by atoms with Crippen molar-refractivity contribution in [1.29, 1.82) is 0 Å². The van der Waals surface area contributed by atoms with Crippen molar-refractivity contribution in [3.8, 4) is 5.75 Å². The molecule has 0 bridgehead atoms. The molecule has 0 aliphatic heterocycles. The van der Waals surface area contributed by atoms with E-state index in [-0.39, 0.29) is 0 Å². The molecule has 0 aliphatic carbocycles. The van der Waals surface area contributed by atoms with Gasteiger partial charge in [0, 0.05) is 0 Å². The van der Waals surface area contributed by atoms with Gasteiger partial charge in [-0.1, -0.05) is 0 Å². The number of hydrogen-bond donors (Lipinski definition) is 1. The van der Waals surface area contributed by atoms with Crippen molar-refractivity contribution in [2.45, 2.75) is 11.3 Å². The number of halogens is 3. The fourth-order valence-corrected chi connectivity index (χ4v) is 1.93. The van der Waals surface area contributed by atoms with Crippen molar-refractivity contribution in [2.75, 3.05) is 7.11 Å².